The van der Waals surface area contributed by atoms with Crippen LogP contribution >= 0.6 is 0 Å². The summed E-state index contributed by atoms with van der Waals surface area (Å²) in [5, 5.41) is 9.97. The van der Waals surface area contributed by atoms with E-state index in [-0.39, 0.29) is 5.82 Å². The van der Waals surface area contributed by atoms with E-state index in [1.807, 2.05) is 48.5 Å². The highest BCUT2D eigenvalue weighted by atomic mass is 19.1. The lowest BCUT2D eigenvalue weighted by molar-refractivity contribution is 0.629. The lowest BCUT2D eigenvalue weighted by Crippen LogP contribution is -2.01. The average Bonchev–Trinajstić information content (AvgIpc) is 3.00. The molecule has 2 aromatic heterocycles. The van der Waals surface area contributed by atoms with Gasteiger partial charge in [0, 0.05) is 18.0 Å². The largest absolute Gasteiger partial charge is 0.319 e. The number of benzene rings is 3. The summed E-state index contributed by atoms with van der Waals surface area (Å²) in [7, 11) is 0. The van der Waals surface area contributed by atoms with Gasteiger partial charge in [-0.1, -0.05) is 30.3 Å². The average molecular weight is 352 g/mol. The van der Waals surface area contributed by atoms with Crippen LogP contribution in [-0.2, 0) is 6.54 Å². The number of para-hydroxylation sites is 1. The predicted octanol–water partition coefficient (Wildman–Crippen LogP) is 4.80. The van der Waals surface area contributed by atoms with Gasteiger partial charge in [-0.3, -0.25) is 0 Å². The van der Waals surface area contributed by atoms with Crippen molar-refractivity contribution < 1.29 is 4.39 Å². The first-order chi connectivity index (χ1) is 13.2. The third-order valence-corrected chi connectivity index (χ3v) is 4.74. The maximum absolute atomic E-state index is 13.6. The molecule has 0 aliphatic carbocycles. The number of hydrogen-bond donors (Lipinski definition) is 0. The molecular formula is C22H13FN4. The number of rotatable bonds is 2. The summed E-state index contributed by atoms with van der Waals surface area (Å²) in [6.07, 6.45) is 0. The van der Waals surface area contributed by atoms with Gasteiger partial charge in [0.2, 0.25) is 0 Å². The lowest BCUT2D eigenvalue weighted by Gasteiger charge is -2.07. The van der Waals surface area contributed by atoms with Crippen molar-refractivity contribution in [3.05, 3.63) is 83.7 Å². The number of fused-ring (bicyclic) bond motifs is 4. The molecule has 3 aromatic carbocycles. The van der Waals surface area contributed by atoms with Crippen molar-refractivity contribution in [2.24, 2.45) is 0 Å². The van der Waals surface area contributed by atoms with Gasteiger partial charge >= 0.3 is 0 Å². The summed E-state index contributed by atoms with van der Waals surface area (Å²) in [6, 6.07) is 22.1. The van der Waals surface area contributed by atoms with E-state index in [4.69, 9.17) is 10.2 Å². The maximum atomic E-state index is 13.6. The van der Waals surface area contributed by atoms with E-state index in [0.29, 0.717) is 23.1 Å². The Morgan fingerprint density at radius 2 is 1.74 bits per heavy atom. The fourth-order valence-corrected chi connectivity index (χ4v) is 3.44. The fourth-order valence-electron chi connectivity index (χ4n) is 3.44. The fraction of sp³-hybridized carbons (Fsp3) is 0.0455. The Bertz CT molecular complexity index is 1360. The van der Waals surface area contributed by atoms with Crippen molar-refractivity contribution in [2.75, 3.05) is 0 Å². The third kappa shape index (κ3) is 2.51. The van der Waals surface area contributed by atoms with Crippen LogP contribution in [0.4, 0.5) is 4.39 Å². The zero-order chi connectivity index (χ0) is 18.4. The minimum Gasteiger partial charge on any atom is -0.319 e. The van der Waals surface area contributed by atoms with E-state index >= 15 is 0 Å². The molecule has 0 fully saturated rings. The molecule has 5 aromatic rings. The van der Waals surface area contributed by atoms with Crippen molar-refractivity contribution in [1.29, 1.82) is 5.26 Å². The van der Waals surface area contributed by atoms with Crippen LogP contribution < -0.4 is 0 Å². The van der Waals surface area contributed by atoms with Gasteiger partial charge < -0.3 is 4.57 Å². The van der Waals surface area contributed by atoms with Crippen LogP contribution in [0.25, 0.3) is 33.1 Å². The second-order valence-electron chi connectivity index (χ2n) is 6.44. The normalized spacial score (nSPS) is 11.3. The minimum atomic E-state index is -0.322. The van der Waals surface area contributed by atoms with Crippen molar-refractivity contribution >= 4 is 33.1 Å². The molecule has 2 heterocycles. The molecule has 0 bridgehead atoms. The molecule has 0 radical (unpaired) electrons. The van der Waals surface area contributed by atoms with Crippen molar-refractivity contribution in [2.45, 2.75) is 6.54 Å². The van der Waals surface area contributed by atoms with E-state index in [0.717, 1.165) is 27.6 Å². The summed E-state index contributed by atoms with van der Waals surface area (Å²) >= 11 is 0. The highest BCUT2D eigenvalue weighted by molar-refractivity contribution is 6.06. The SMILES string of the molecule is N#Cc1ccc(Cn2c3ccccc3c3nc4cc(F)ccc4nc32)cc1. The molecule has 5 heteroatoms. The van der Waals surface area contributed by atoms with Gasteiger partial charge in [0.15, 0.2) is 5.65 Å². The molecule has 0 N–H and O–H groups in total. The standard InChI is InChI=1S/C22H13FN4/c23-16-9-10-18-19(11-16)25-21-17-3-1-2-4-20(17)27(22(21)26-18)13-15-7-5-14(12-24)6-8-15/h1-11H,13H2. The van der Waals surface area contributed by atoms with Gasteiger partial charge in [-0.25, -0.2) is 14.4 Å². The van der Waals surface area contributed by atoms with Gasteiger partial charge in [-0.15, -0.1) is 0 Å². The number of hydrogen-bond acceptors (Lipinski definition) is 3. The molecule has 0 aliphatic rings. The Labute approximate surface area is 154 Å². The van der Waals surface area contributed by atoms with E-state index in [9.17, 15) is 4.39 Å². The minimum absolute atomic E-state index is 0.322. The van der Waals surface area contributed by atoms with E-state index < -0.39 is 0 Å². The smallest absolute Gasteiger partial charge is 0.160 e. The van der Waals surface area contributed by atoms with Crippen LogP contribution in [0.5, 0.6) is 0 Å². The Kier molecular flexibility index (Phi) is 3.37. The molecule has 0 spiro atoms. The number of nitrogens with zero attached hydrogens (tertiary/aromatic N) is 4. The highest BCUT2D eigenvalue weighted by Crippen LogP contribution is 2.29. The lowest BCUT2D eigenvalue weighted by atomic mass is 10.1. The highest BCUT2D eigenvalue weighted by Gasteiger charge is 2.14. The van der Waals surface area contributed by atoms with Crippen molar-refractivity contribution in [1.82, 2.24) is 14.5 Å². The monoisotopic (exact) mass is 352 g/mol. The van der Waals surface area contributed by atoms with E-state index in [1.165, 1.54) is 12.1 Å². The van der Waals surface area contributed by atoms with Crippen molar-refractivity contribution in [3.8, 4) is 6.07 Å². The van der Waals surface area contributed by atoms with Crippen LogP contribution in [-0.4, -0.2) is 14.5 Å². The van der Waals surface area contributed by atoms with Crippen LogP contribution in [0.2, 0.25) is 0 Å². The Balaban J connectivity index is 1.78. The zero-order valence-corrected chi connectivity index (χ0v) is 14.2. The summed E-state index contributed by atoms with van der Waals surface area (Å²) < 4.78 is 15.7. The first-order valence-corrected chi connectivity index (χ1v) is 8.56. The number of nitriles is 1. The second-order valence-corrected chi connectivity index (χ2v) is 6.44. The topological polar surface area (TPSA) is 54.5 Å². The van der Waals surface area contributed by atoms with Gasteiger partial charge in [-0.05, 0) is 35.9 Å². The van der Waals surface area contributed by atoms with Crippen molar-refractivity contribution in [3.63, 3.8) is 0 Å². The molecule has 0 amide bonds. The summed E-state index contributed by atoms with van der Waals surface area (Å²) in [6.45, 7) is 0.608. The molecule has 0 unspecified atom stereocenters. The van der Waals surface area contributed by atoms with E-state index in [1.54, 1.807) is 6.07 Å². The molecule has 0 atom stereocenters. The molecule has 4 nitrogen and oxygen atoms in total. The van der Waals surface area contributed by atoms with Gasteiger partial charge in [0.05, 0.1) is 28.2 Å². The molecule has 0 aliphatic heterocycles. The predicted molar refractivity (Wildman–Crippen MR) is 103 cm³/mol. The molecular weight excluding hydrogens is 339 g/mol. The number of halogens is 1. The van der Waals surface area contributed by atoms with Crippen LogP contribution in [0.3, 0.4) is 0 Å². The van der Waals surface area contributed by atoms with Gasteiger partial charge in [0.25, 0.3) is 0 Å². The zero-order valence-electron chi connectivity index (χ0n) is 14.2. The van der Waals surface area contributed by atoms with Crippen LogP contribution in [0, 0.1) is 17.1 Å². The maximum Gasteiger partial charge on any atom is 0.160 e. The third-order valence-electron chi connectivity index (χ3n) is 4.74. The molecule has 0 saturated heterocycles. The Morgan fingerprint density at radius 3 is 2.56 bits per heavy atom. The second kappa shape index (κ2) is 5.89. The summed E-state index contributed by atoms with van der Waals surface area (Å²) in [5.74, 6) is -0.322. The van der Waals surface area contributed by atoms with Gasteiger partial charge in [-0.2, -0.15) is 5.26 Å². The number of aromatic nitrogens is 3. The van der Waals surface area contributed by atoms with E-state index in [2.05, 4.69) is 15.6 Å². The molecule has 5 rings (SSSR count). The van der Waals surface area contributed by atoms with Crippen LogP contribution in [0.1, 0.15) is 11.1 Å². The molecule has 27 heavy (non-hydrogen) atoms. The first kappa shape index (κ1) is 15.5. The van der Waals surface area contributed by atoms with Gasteiger partial charge in [0.1, 0.15) is 11.3 Å². The first-order valence-electron chi connectivity index (χ1n) is 8.56. The summed E-state index contributed by atoms with van der Waals surface area (Å²) in [4.78, 5) is 9.46. The Morgan fingerprint density at radius 1 is 0.926 bits per heavy atom. The quantitative estimate of drug-likeness (QED) is 0.459. The molecule has 0 saturated carbocycles. The summed E-state index contributed by atoms with van der Waals surface area (Å²) in [5.41, 5.74) is 5.45. The van der Waals surface area contributed by atoms with Crippen LogP contribution in [0.15, 0.2) is 66.7 Å². The molecule has 128 valence electrons. The Hall–Kier alpha value is -3.78.